The molecule has 0 unspecified atom stereocenters. The highest BCUT2D eigenvalue weighted by molar-refractivity contribution is 5.89. The van der Waals surface area contributed by atoms with Crippen LogP contribution in [0.1, 0.15) is 65.2 Å². The van der Waals surface area contributed by atoms with Gasteiger partial charge in [0.1, 0.15) is 0 Å². The fourth-order valence-electron chi connectivity index (χ4n) is 8.06. The highest BCUT2D eigenvalue weighted by Gasteiger charge is 2.69. The Morgan fingerprint density at radius 3 is 2.54 bits per heavy atom. The number of oxime groups is 1. The van der Waals surface area contributed by atoms with E-state index in [0.717, 1.165) is 44.2 Å². The molecule has 2 N–H and O–H groups in total. The molecule has 5 fully saturated rings. The van der Waals surface area contributed by atoms with E-state index in [0.29, 0.717) is 36.9 Å². The number of hydrogen-bond acceptors (Lipinski definition) is 5. The first kappa shape index (κ1) is 17.4. The normalized spacial score (nSPS) is 54.1. The van der Waals surface area contributed by atoms with Gasteiger partial charge in [-0.15, -0.1) is 0 Å². The molecule has 1 spiro atoms. The topological polar surface area (TPSA) is 71.3 Å². The van der Waals surface area contributed by atoms with Crippen LogP contribution in [0.15, 0.2) is 5.16 Å². The minimum Gasteiger partial charge on any atom is -0.411 e. The fourth-order valence-corrected chi connectivity index (χ4v) is 8.06. The highest BCUT2D eigenvalue weighted by atomic mass is 16.7. The average molecular weight is 363 g/mol. The van der Waals surface area contributed by atoms with Gasteiger partial charge in [0.2, 0.25) is 0 Å². The van der Waals surface area contributed by atoms with Gasteiger partial charge in [0.25, 0.3) is 0 Å². The van der Waals surface area contributed by atoms with Crippen molar-refractivity contribution in [1.82, 2.24) is 0 Å². The Morgan fingerprint density at radius 1 is 1.04 bits per heavy atom. The third-order valence-corrected chi connectivity index (χ3v) is 9.27. The molecule has 5 heteroatoms. The molecule has 1 aliphatic heterocycles. The fraction of sp³-hybridized carbons (Fsp3) is 0.952. The van der Waals surface area contributed by atoms with Crippen molar-refractivity contribution in [3.8, 4) is 0 Å². The van der Waals surface area contributed by atoms with Crippen LogP contribution in [0.2, 0.25) is 0 Å². The van der Waals surface area contributed by atoms with Crippen LogP contribution in [0, 0.1) is 34.5 Å². The van der Waals surface area contributed by atoms with Crippen molar-refractivity contribution in [2.24, 2.45) is 39.7 Å². The van der Waals surface area contributed by atoms with Crippen molar-refractivity contribution >= 4 is 5.71 Å². The van der Waals surface area contributed by atoms with Crippen LogP contribution in [0.5, 0.6) is 0 Å². The number of hydrogen-bond donors (Lipinski definition) is 2. The summed E-state index contributed by atoms with van der Waals surface area (Å²) in [4.78, 5) is 0. The number of nitrogens with zero attached hydrogens (tertiary/aromatic N) is 1. The third kappa shape index (κ3) is 2.05. The third-order valence-electron chi connectivity index (χ3n) is 9.27. The van der Waals surface area contributed by atoms with Crippen molar-refractivity contribution < 1.29 is 19.8 Å². The summed E-state index contributed by atoms with van der Waals surface area (Å²) in [6, 6.07) is 0. The van der Waals surface area contributed by atoms with E-state index in [-0.39, 0.29) is 16.9 Å². The first-order chi connectivity index (χ1) is 12.4. The maximum absolute atomic E-state index is 10.2. The second-order valence-electron chi connectivity index (χ2n) is 10.1. The van der Waals surface area contributed by atoms with Gasteiger partial charge >= 0.3 is 0 Å². The molecule has 5 rings (SSSR count). The summed E-state index contributed by atoms with van der Waals surface area (Å²) in [5, 5.41) is 24.1. The van der Waals surface area contributed by atoms with Crippen LogP contribution in [-0.2, 0) is 9.47 Å². The maximum atomic E-state index is 10.2. The molecule has 146 valence electrons. The minimum atomic E-state index is -0.473. The molecular formula is C21H33NO4. The number of aliphatic hydroxyl groups is 1. The highest BCUT2D eigenvalue weighted by Crippen LogP contribution is 2.68. The van der Waals surface area contributed by atoms with Gasteiger partial charge in [0, 0.05) is 24.2 Å². The molecule has 5 nitrogen and oxygen atoms in total. The van der Waals surface area contributed by atoms with Crippen LogP contribution in [0.25, 0.3) is 0 Å². The molecule has 0 radical (unpaired) electrons. The summed E-state index contributed by atoms with van der Waals surface area (Å²) in [6.07, 6.45) is 7.95. The minimum absolute atomic E-state index is 0.0936. The zero-order valence-corrected chi connectivity index (χ0v) is 16.1. The van der Waals surface area contributed by atoms with Gasteiger partial charge in [-0.05, 0) is 61.7 Å². The van der Waals surface area contributed by atoms with Crippen LogP contribution in [0.3, 0.4) is 0 Å². The predicted molar refractivity (Wildman–Crippen MR) is 97.0 cm³/mol. The summed E-state index contributed by atoms with van der Waals surface area (Å²) >= 11 is 0. The number of fused-ring (bicyclic) bond motifs is 6. The second-order valence-corrected chi connectivity index (χ2v) is 10.1. The molecule has 4 saturated carbocycles. The van der Waals surface area contributed by atoms with Crippen molar-refractivity contribution in [1.29, 1.82) is 0 Å². The lowest BCUT2D eigenvalue weighted by Gasteiger charge is -2.61. The van der Waals surface area contributed by atoms with Gasteiger partial charge in [-0.2, -0.15) is 0 Å². The number of aliphatic hydroxyl groups excluding tert-OH is 1. The number of rotatable bonds is 0. The van der Waals surface area contributed by atoms with Crippen molar-refractivity contribution in [2.45, 2.75) is 77.1 Å². The van der Waals surface area contributed by atoms with Gasteiger partial charge in [-0.3, -0.25) is 0 Å². The zero-order valence-electron chi connectivity index (χ0n) is 16.1. The Bertz CT molecular complexity index is 615. The molecule has 5 aliphatic rings. The van der Waals surface area contributed by atoms with Crippen molar-refractivity contribution in [2.75, 3.05) is 13.2 Å². The molecule has 1 heterocycles. The Labute approximate surface area is 156 Å². The quantitative estimate of drug-likeness (QED) is 0.510. The molecule has 0 aromatic rings. The van der Waals surface area contributed by atoms with E-state index in [1.807, 2.05) is 0 Å². The largest absolute Gasteiger partial charge is 0.411 e. The summed E-state index contributed by atoms with van der Waals surface area (Å²) in [5.41, 5.74) is 1.03. The van der Waals surface area contributed by atoms with Crippen LogP contribution >= 0.6 is 0 Å². The van der Waals surface area contributed by atoms with Crippen LogP contribution < -0.4 is 0 Å². The molecule has 0 bridgehead atoms. The van der Waals surface area contributed by atoms with Gasteiger partial charge < -0.3 is 19.8 Å². The molecular weight excluding hydrogens is 330 g/mol. The van der Waals surface area contributed by atoms with Crippen LogP contribution in [-0.4, -0.2) is 41.1 Å². The molecule has 0 aromatic carbocycles. The molecule has 7 atom stereocenters. The summed E-state index contributed by atoms with van der Waals surface area (Å²) in [6.45, 7) is 6.08. The molecule has 4 aliphatic carbocycles. The van der Waals surface area contributed by atoms with Gasteiger partial charge in [-0.1, -0.05) is 19.0 Å². The lowest BCUT2D eigenvalue weighted by molar-refractivity contribution is -0.233. The van der Waals surface area contributed by atoms with Crippen molar-refractivity contribution in [3.05, 3.63) is 0 Å². The molecule has 0 aromatic heterocycles. The Morgan fingerprint density at radius 2 is 1.81 bits per heavy atom. The van der Waals surface area contributed by atoms with E-state index < -0.39 is 5.79 Å². The standard InChI is InChI=1S/C21H33NO4/c1-19-7-5-14(23)11-13(19)3-4-15-16-6-8-21(25-9-10-26-21)20(16,2)12-17(22-24)18(15)19/h13-16,18,23-24H,3-12H2,1-2H3/t13-,14+,15-,16-,18+,19-,20-/m0/s1. The van der Waals surface area contributed by atoms with Gasteiger partial charge in [0.15, 0.2) is 5.79 Å². The first-order valence-corrected chi connectivity index (χ1v) is 10.6. The first-order valence-electron chi connectivity index (χ1n) is 10.6. The number of ether oxygens (including phenoxy) is 2. The lowest BCUT2D eigenvalue weighted by atomic mass is 9.44. The smallest absolute Gasteiger partial charge is 0.174 e. The Balaban J connectivity index is 1.54. The monoisotopic (exact) mass is 363 g/mol. The Kier molecular flexibility index (Phi) is 3.81. The van der Waals surface area contributed by atoms with E-state index in [2.05, 4.69) is 19.0 Å². The predicted octanol–water partition coefficient (Wildman–Crippen LogP) is 3.57. The van der Waals surface area contributed by atoms with E-state index >= 15 is 0 Å². The zero-order chi connectivity index (χ0) is 18.2. The second kappa shape index (κ2) is 5.68. The Hall–Kier alpha value is -0.650. The van der Waals surface area contributed by atoms with E-state index in [4.69, 9.17) is 9.47 Å². The summed E-state index contributed by atoms with van der Waals surface area (Å²) in [5.74, 6) is 1.53. The average Bonchev–Trinajstić information content (AvgIpc) is 3.21. The SMILES string of the molecule is C[C@]12CC[C@@H](O)C[C@@H]1CC[C@@H]1[C@@H]2C(=NO)C[C@@]2(C)[C@H]1CCC21OCCO1. The van der Waals surface area contributed by atoms with Gasteiger partial charge in [-0.25, -0.2) is 0 Å². The summed E-state index contributed by atoms with van der Waals surface area (Å²) < 4.78 is 12.4. The van der Waals surface area contributed by atoms with Crippen LogP contribution in [0.4, 0.5) is 0 Å². The maximum Gasteiger partial charge on any atom is 0.174 e. The van der Waals surface area contributed by atoms with Crippen molar-refractivity contribution in [3.63, 3.8) is 0 Å². The van der Waals surface area contributed by atoms with Gasteiger partial charge in [0.05, 0.1) is 25.0 Å². The van der Waals surface area contributed by atoms with E-state index in [1.165, 1.54) is 12.8 Å². The van der Waals surface area contributed by atoms with E-state index in [9.17, 15) is 10.3 Å². The van der Waals surface area contributed by atoms with E-state index in [1.54, 1.807) is 0 Å². The molecule has 1 saturated heterocycles. The molecule has 0 amide bonds. The molecule has 26 heavy (non-hydrogen) atoms. The summed E-state index contributed by atoms with van der Waals surface area (Å²) in [7, 11) is 0. The lowest BCUT2D eigenvalue weighted by Crippen LogP contribution is -2.60.